The zero-order valence-electron chi connectivity index (χ0n) is 19.8. The fourth-order valence-corrected chi connectivity index (χ4v) is 3.39. The summed E-state index contributed by atoms with van der Waals surface area (Å²) in [6, 6.07) is 21.2. The van der Waals surface area contributed by atoms with Crippen LogP contribution in [0.25, 0.3) is 6.08 Å². The van der Waals surface area contributed by atoms with Crippen LogP contribution in [-0.4, -0.2) is 29.6 Å². The molecule has 1 unspecified atom stereocenters. The number of carbonyl (C=O) groups is 2. The van der Waals surface area contributed by atoms with Gasteiger partial charge in [0.05, 0.1) is 11.6 Å². The molecule has 0 aliphatic rings. The standard InChI is InChI=1S/C27H26ClN3O4S/c1-3-34-22-15-8-19(9-16-22)10-17-25(32)31-27(36)30-21-13-11-20(12-14-21)29-26(33)18(2)35-24-7-5-4-6-23(24)28/h4-18H,3H2,1-2H3,(H,29,33)(H2,30,31,32,36)/b17-10+. The van der Waals surface area contributed by atoms with E-state index in [2.05, 4.69) is 16.0 Å². The van der Waals surface area contributed by atoms with Gasteiger partial charge >= 0.3 is 0 Å². The van der Waals surface area contributed by atoms with Crippen molar-refractivity contribution >= 4 is 58.2 Å². The van der Waals surface area contributed by atoms with Crippen LogP contribution in [0.15, 0.2) is 78.9 Å². The first-order chi connectivity index (χ1) is 17.3. The molecule has 0 bridgehead atoms. The van der Waals surface area contributed by atoms with Gasteiger partial charge in [0.25, 0.3) is 5.91 Å². The SMILES string of the molecule is CCOc1ccc(/C=C/C(=O)NC(=S)Nc2ccc(NC(=O)C(C)Oc3ccccc3Cl)cc2)cc1. The highest BCUT2D eigenvalue weighted by molar-refractivity contribution is 7.80. The molecule has 0 saturated heterocycles. The third-order valence-corrected chi connectivity index (χ3v) is 5.29. The Morgan fingerprint density at radius 1 is 0.972 bits per heavy atom. The molecule has 0 aromatic heterocycles. The van der Waals surface area contributed by atoms with Gasteiger partial charge in [-0.25, -0.2) is 0 Å². The molecule has 36 heavy (non-hydrogen) atoms. The monoisotopic (exact) mass is 523 g/mol. The maximum absolute atomic E-state index is 12.4. The van der Waals surface area contributed by atoms with E-state index >= 15 is 0 Å². The van der Waals surface area contributed by atoms with Crippen LogP contribution in [0, 0.1) is 0 Å². The van der Waals surface area contributed by atoms with Gasteiger partial charge < -0.3 is 20.1 Å². The number of nitrogens with one attached hydrogen (secondary N) is 3. The van der Waals surface area contributed by atoms with E-state index in [-0.39, 0.29) is 16.9 Å². The molecular formula is C27H26ClN3O4S. The number of benzene rings is 3. The van der Waals surface area contributed by atoms with E-state index in [9.17, 15) is 9.59 Å². The van der Waals surface area contributed by atoms with E-state index in [0.29, 0.717) is 28.8 Å². The van der Waals surface area contributed by atoms with Crippen molar-refractivity contribution < 1.29 is 19.1 Å². The molecule has 0 fully saturated rings. The zero-order chi connectivity index (χ0) is 25.9. The van der Waals surface area contributed by atoms with Gasteiger partial charge in [-0.2, -0.15) is 0 Å². The predicted octanol–water partition coefficient (Wildman–Crippen LogP) is 5.67. The van der Waals surface area contributed by atoms with Crippen molar-refractivity contribution in [3.63, 3.8) is 0 Å². The van der Waals surface area contributed by atoms with Crippen LogP contribution >= 0.6 is 23.8 Å². The molecule has 0 saturated carbocycles. The number of anilines is 2. The van der Waals surface area contributed by atoms with Crippen molar-refractivity contribution in [3.8, 4) is 11.5 Å². The van der Waals surface area contributed by atoms with Crippen molar-refractivity contribution in [3.05, 3.63) is 89.5 Å². The molecule has 0 aliphatic heterocycles. The van der Waals surface area contributed by atoms with Crippen LogP contribution in [0.2, 0.25) is 5.02 Å². The van der Waals surface area contributed by atoms with E-state index in [0.717, 1.165) is 11.3 Å². The lowest BCUT2D eigenvalue weighted by Crippen LogP contribution is -2.32. The van der Waals surface area contributed by atoms with Crippen molar-refractivity contribution in [2.45, 2.75) is 20.0 Å². The molecule has 186 valence electrons. The van der Waals surface area contributed by atoms with Gasteiger partial charge in [-0.05, 0) is 86.2 Å². The van der Waals surface area contributed by atoms with Gasteiger partial charge in [-0.1, -0.05) is 35.9 Å². The topological polar surface area (TPSA) is 88.7 Å². The second-order valence-electron chi connectivity index (χ2n) is 7.54. The Kier molecular flexibility index (Phi) is 9.85. The number of amides is 2. The van der Waals surface area contributed by atoms with Gasteiger partial charge in [0.1, 0.15) is 11.5 Å². The van der Waals surface area contributed by atoms with Gasteiger partial charge in [-0.3, -0.25) is 14.9 Å². The summed E-state index contributed by atoms with van der Waals surface area (Å²) < 4.78 is 11.0. The van der Waals surface area contributed by atoms with E-state index in [1.54, 1.807) is 61.5 Å². The minimum absolute atomic E-state index is 0.148. The molecule has 3 aromatic rings. The maximum Gasteiger partial charge on any atom is 0.265 e. The Labute approximate surface area is 220 Å². The molecule has 0 radical (unpaired) electrons. The number of carbonyl (C=O) groups excluding carboxylic acids is 2. The largest absolute Gasteiger partial charge is 0.494 e. The summed E-state index contributed by atoms with van der Waals surface area (Å²) >= 11 is 11.3. The lowest BCUT2D eigenvalue weighted by molar-refractivity contribution is -0.122. The van der Waals surface area contributed by atoms with Crippen molar-refractivity contribution in [2.24, 2.45) is 0 Å². The molecule has 1 atom stereocenters. The van der Waals surface area contributed by atoms with Crippen LogP contribution in [-0.2, 0) is 9.59 Å². The predicted molar refractivity (Wildman–Crippen MR) is 148 cm³/mol. The maximum atomic E-state index is 12.4. The molecule has 0 spiro atoms. The first-order valence-electron chi connectivity index (χ1n) is 11.2. The third-order valence-electron chi connectivity index (χ3n) is 4.77. The first-order valence-corrected chi connectivity index (χ1v) is 12.0. The van der Waals surface area contributed by atoms with Gasteiger partial charge in [0.2, 0.25) is 5.91 Å². The van der Waals surface area contributed by atoms with E-state index in [1.165, 1.54) is 6.08 Å². The van der Waals surface area contributed by atoms with E-state index in [4.69, 9.17) is 33.3 Å². The smallest absolute Gasteiger partial charge is 0.265 e. The minimum Gasteiger partial charge on any atom is -0.494 e. The molecule has 3 rings (SSSR count). The zero-order valence-corrected chi connectivity index (χ0v) is 21.4. The summed E-state index contributed by atoms with van der Waals surface area (Å²) in [6.07, 6.45) is 2.33. The number of para-hydroxylation sites is 1. The van der Waals surface area contributed by atoms with E-state index < -0.39 is 6.10 Å². The first kappa shape index (κ1) is 26.7. The number of rotatable bonds is 9. The Morgan fingerprint density at radius 2 is 1.61 bits per heavy atom. The lowest BCUT2D eigenvalue weighted by atomic mass is 10.2. The van der Waals surface area contributed by atoms with Gasteiger partial charge in [0, 0.05) is 17.5 Å². The summed E-state index contributed by atoms with van der Waals surface area (Å²) in [4.78, 5) is 24.6. The fraction of sp³-hybridized carbons (Fsp3) is 0.148. The minimum atomic E-state index is -0.749. The number of hydrogen-bond acceptors (Lipinski definition) is 5. The van der Waals surface area contributed by atoms with Crippen LogP contribution in [0.4, 0.5) is 11.4 Å². The lowest BCUT2D eigenvalue weighted by Gasteiger charge is -2.16. The summed E-state index contributed by atoms with van der Waals surface area (Å²) in [7, 11) is 0. The molecule has 9 heteroatoms. The summed E-state index contributed by atoms with van der Waals surface area (Å²) in [6.45, 7) is 4.15. The van der Waals surface area contributed by atoms with Crippen LogP contribution < -0.4 is 25.4 Å². The number of hydrogen-bond donors (Lipinski definition) is 3. The highest BCUT2D eigenvalue weighted by Gasteiger charge is 2.16. The average molecular weight is 524 g/mol. The van der Waals surface area contributed by atoms with Crippen molar-refractivity contribution in [1.29, 1.82) is 0 Å². The Morgan fingerprint density at radius 3 is 2.25 bits per heavy atom. The Hall–Kier alpha value is -3.88. The highest BCUT2D eigenvalue weighted by Crippen LogP contribution is 2.24. The Balaban J connectivity index is 1.46. The molecule has 0 aliphatic carbocycles. The molecule has 7 nitrogen and oxygen atoms in total. The number of ether oxygens (including phenoxy) is 2. The van der Waals surface area contributed by atoms with Crippen LogP contribution in [0.1, 0.15) is 19.4 Å². The molecule has 2 amide bonds. The summed E-state index contributed by atoms with van der Waals surface area (Å²) in [5.41, 5.74) is 2.08. The number of halogens is 1. The van der Waals surface area contributed by atoms with Crippen molar-refractivity contribution in [2.75, 3.05) is 17.2 Å². The van der Waals surface area contributed by atoms with Crippen molar-refractivity contribution in [1.82, 2.24) is 5.32 Å². The molecule has 0 heterocycles. The fourth-order valence-electron chi connectivity index (χ4n) is 2.99. The number of thiocarbonyl (C=S) groups is 1. The third kappa shape index (κ3) is 8.41. The average Bonchev–Trinajstić information content (AvgIpc) is 2.86. The Bertz CT molecular complexity index is 1230. The van der Waals surface area contributed by atoms with Crippen LogP contribution in [0.3, 0.4) is 0 Å². The molecular weight excluding hydrogens is 498 g/mol. The second-order valence-corrected chi connectivity index (χ2v) is 8.35. The molecule has 3 N–H and O–H groups in total. The van der Waals surface area contributed by atoms with E-state index in [1.807, 2.05) is 31.2 Å². The van der Waals surface area contributed by atoms with Gasteiger partial charge in [0.15, 0.2) is 11.2 Å². The normalized spacial score (nSPS) is 11.4. The quantitative estimate of drug-likeness (QED) is 0.247. The van der Waals surface area contributed by atoms with Crippen LogP contribution in [0.5, 0.6) is 11.5 Å². The molecule has 3 aromatic carbocycles. The van der Waals surface area contributed by atoms with Gasteiger partial charge in [-0.15, -0.1) is 0 Å². The summed E-state index contributed by atoms with van der Waals surface area (Å²) in [5.74, 6) is 0.525. The second kappa shape index (κ2) is 13.3. The summed E-state index contributed by atoms with van der Waals surface area (Å²) in [5, 5.41) is 8.89. The highest BCUT2D eigenvalue weighted by atomic mass is 35.5.